The highest BCUT2D eigenvalue weighted by Gasteiger charge is 2.10. The number of primary amides is 1. The highest BCUT2D eigenvalue weighted by atomic mass is 32.2. The summed E-state index contributed by atoms with van der Waals surface area (Å²) >= 11 is 1.20. The van der Waals surface area contributed by atoms with Crippen LogP contribution in [0.3, 0.4) is 0 Å². The second kappa shape index (κ2) is 5.29. The molecule has 2 N–H and O–H groups in total. The molecule has 0 atom stereocenters. The molecular formula is C14H13N3OS. The summed E-state index contributed by atoms with van der Waals surface area (Å²) in [6.45, 7) is 4.02. The van der Waals surface area contributed by atoms with Gasteiger partial charge in [-0.3, -0.25) is 4.79 Å². The number of nitriles is 1. The Morgan fingerprint density at radius 2 is 2.21 bits per heavy atom. The minimum Gasteiger partial charge on any atom is -0.369 e. The summed E-state index contributed by atoms with van der Waals surface area (Å²) in [6, 6.07) is 7.88. The van der Waals surface area contributed by atoms with Crippen molar-refractivity contribution in [3.8, 4) is 6.07 Å². The molecule has 2 rings (SSSR count). The summed E-state index contributed by atoms with van der Waals surface area (Å²) in [5.41, 5.74) is 8.70. The van der Waals surface area contributed by atoms with E-state index in [2.05, 4.69) is 11.1 Å². The summed E-state index contributed by atoms with van der Waals surface area (Å²) in [5, 5.41) is 10.6. The minimum atomic E-state index is -0.420. The number of carbonyl (C=O) groups is 1. The fourth-order valence-corrected chi connectivity index (χ4v) is 2.49. The van der Waals surface area contributed by atoms with E-state index in [0.717, 1.165) is 22.0 Å². The number of fused-ring (bicyclic) bond motifs is 1. The van der Waals surface area contributed by atoms with Crippen molar-refractivity contribution in [1.29, 1.82) is 5.26 Å². The third kappa shape index (κ3) is 2.69. The van der Waals surface area contributed by atoms with Crippen LogP contribution in [0.5, 0.6) is 0 Å². The standard InChI is InChI=1S/C14H13N3OS/c1-8-3-4-10-5-11(6-15)14(19-7-12(16)18)17-13(10)9(8)2/h3-5H,7H2,1-2H3,(H2,16,18). The molecule has 0 unspecified atom stereocenters. The highest BCUT2D eigenvalue weighted by Crippen LogP contribution is 2.27. The number of amides is 1. The first-order valence-corrected chi connectivity index (χ1v) is 6.73. The maximum Gasteiger partial charge on any atom is 0.227 e. The number of hydrogen-bond acceptors (Lipinski definition) is 4. The molecule has 19 heavy (non-hydrogen) atoms. The van der Waals surface area contributed by atoms with E-state index in [-0.39, 0.29) is 5.75 Å². The molecule has 4 nitrogen and oxygen atoms in total. The van der Waals surface area contributed by atoms with Gasteiger partial charge in [0.2, 0.25) is 5.91 Å². The van der Waals surface area contributed by atoms with Crippen molar-refractivity contribution in [2.75, 3.05) is 5.75 Å². The molecule has 0 saturated heterocycles. The van der Waals surface area contributed by atoms with Crippen molar-refractivity contribution in [3.05, 3.63) is 34.9 Å². The number of pyridine rings is 1. The van der Waals surface area contributed by atoms with Crippen LogP contribution >= 0.6 is 11.8 Å². The monoisotopic (exact) mass is 271 g/mol. The Balaban J connectivity index is 2.59. The molecule has 1 aromatic carbocycles. The van der Waals surface area contributed by atoms with E-state index >= 15 is 0 Å². The summed E-state index contributed by atoms with van der Waals surface area (Å²) in [7, 11) is 0. The van der Waals surface area contributed by atoms with Crippen molar-refractivity contribution in [1.82, 2.24) is 4.98 Å². The molecule has 0 fully saturated rings. The zero-order valence-electron chi connectivity index (χ0n) is 10.7. The number of hydrogen-bond donors (Lipinski definition) is 1. The molecule has 2 aromatic rings. The predicted octanol–water partition coefficient (Wildman–Crippen LogP) is 2.30. The van der Waals surface area contributed by atoms with E-state index in [1.807, 2.05) is 26.0 Å². The molecule has 96 valence electrons. The molecule has 1 amide bonds. The first-order valence-electron chi connectivity index (χ1n) is 5.75. The normalized spacial score (nSPS) is 10.4. The predicted molar refractivity (Wildman–Crippen MR) is 75.9 cm³/mol. The molecule has 5 heteroatoms. The summed E-state index contributed by atoms with van der Waals surface area (Å²) in [4.78, 5) is 15.4. The quantitative estimate of drug-likeness (QED) is 0.869. The zero-order valence-corrected chi connectivity index (χ0v) is 11.5. The molecule has 0 aliphatic heterocycles. The van der Waals surface area contributed by atoms with Crippen LogP contribution < -0.4 is 5.73 Å². The first-order chi connectivity index (χ1) is 9.02. The van der Waals surface area contributed by atoms with Crippen molar-refractivity contribution >= 4 is 28.6 Å². The lowest BCUT2D eigenvalue weighted by Gasteiger charge is -2.08. The van der Waals surface area contributed by atoms with Crippen molar-refractivity contribution in [3.63, 3.8) is 0 Å². The van der Waals surface area contributed by atoms with E-state index in [1.165, 1.54) is 11.8 Å². The van der Waals surface area contributed by atoms with Crippen LogP contribution in [0.4, 0.5) is 0 Å². The molecule has 0 aliphatic rings. The topological polar surface area (TPSA) is 79.8 Å². The number of nitrogens with two attached hydrogens (primary N) is 1. The van der Waals surface area contributed by atoms with E-state index < -0.39 is 5.91 Å². The molecule has 0 saturated carbocycles. The number of nitrogens with zero attached hydrogens (tertiary/aromatic N) is 2. The lowest BCUT2D eigenvalue weighted by molar-refractivity contribution is -0.115. The van der Waals surface area contributed by atoms with Crippen LogP contribution in [0.1, 0.15) is 16.7 Å². The van der Waals surface area contributed by atoms with Crippen molar-refractivity contribution < 1.29 is 4.79 Å². The smallest absolute Gasteiger partial charge is 0.227 e. The number of benzene rings is 1. The number of aryl methyl sites for hydroxylation is 2. The summed E-state index contributed by atoms with van der Waals surface area (Å²) in [6.07, 6.45) is 0. The number of carbonyl (C=O) groups excluding carboxylic acids is 1. The van der Waals surface area contributed by atoms with Crippen molar-refractivity contribution in [2.24, 2.45) is 5.73 Å². The molecule has 0 aliphatic carbocycles. The van der Waals surface area contributed by atoms with Crippen LogP contribution in [0.15, 0.2) is 23.2 Å². The van der Waals surface area contributed by atoms with Gasteiger partial charge in [0, 0.05) is 5.39 Å². The maximum atomic E-state index is 10.8. The third-order valence-corrected chi connectivity index (χ3v) is 3.96. The van der Waals surface area contributed by atoms with Gasteiger partial charge in [0.1, 0.15) is 11.1 Å². The molecule has 0 spiro atoms. The Hall–Kier alpha value is -2.06. The average Bonchev–Trinajstić information content (AvgIpc) is 2.40. The Morgan fingerprint density at radius 1 is 1.47 bits per heavy atom. The summed E-state index contributed by atoms with van der Waals surface area (Å²) < 4.78 is 0. The van der Waals surface area contributed by atoms with E-state index in [4.69, 9.17) is 11.0 Å². The number of thioether (sulfide) groups is 1. The third-order valence-electron chi connectivity index (χ3n) is 2.95. The van der Waals surface area contributed by atoms with Crippen LogP contribution in [-0.2, 0) is 4.79 Å². The lowest BCUT2D eigenvalue weighted by atomic mass is 10.0. The van der Waals surface area contributed by atoms with Gasteiger partial charge in [0.05, 0.1) is 16.8 Å². The largest absolute Gasteiger partial charge is 0.369 e. The average molecular weight is 271 g/mol. The first kappa shape index (κ1) is 13.4. The van der Waals surface area contributed by atoms with Crippen LogP contribution in [0.2, 0.25) is 0 Å². The molecule has 1 aromatic heterocycles. The Bertz CT molecular complexity index is 704. The SMILES string of the molecule is Cc1ccc2cc(C#N)c(SCC(N)=O)nc2c1C. The second-order valence-electron chi connectivity index (χ2n) is 4.29. The Kier molecular flexibility index (Phi) is 3.72. The van der Waals surface area contributed by atoms with Crippen LogP contribution in [0, 0.1) is 25.2 Å². The molecular weight excluding hydrogens is 258 g/mol. The van der Waals surface area contributed by atoms with Gasteiger partial charge < -0.3 is 5.73 Å². The second-order valence-corrected chi connectivity index (χ2v) is 5.25. The van der Waals surface area contributed by atoms with Gasteiger partial charge in [-0.25, -0.2) is 4.98 Å². The molecule has 1 heterocycles. The van der Waals surface area contributed by atoms with Gasteiger partial charge in [0.25, 0.3) is 0 Å². The van der Waals surface area contributed by atoms with Crippen LogP contribution in [-0.4, -0.2) is 16.6 Å². The maximum absolute atomic E-state index is 10.8. The van der Waals surface area contributed by atoms with E-state index in [9.17, 15) is 4.79 Å². The zero-order chi connectivity index (χ0) is 14.0. The van der Waals surface area contributed by atoms with E-state index in [1.54, 1.807) is 6.07 Å². The van der Waals surface area contributed by atoms with Gasteiger partial charge in [-0.15, -0.1) is 0 Å². The molecule has 0 bridgehead atoms. The van der Waals surface area contributed by atoms with E-state index in [0.29, 0.717) is 10.6 Å². The Labute approximate surface area is 115 Å². The number of aromatic nitrogens is 1. The Morgan fingerprint density at radius 3 is 2.84 bits per heavy atom. The fourth-order valence-electron chi connectivity index (χ4n) is 1.80. The fraction of sp³-hybridized carbons (Fsp3) is 0.214. The highest BCUT2D eigenvalue weighted by molar-refractivity contribution is 8.00. The van der Waals surface area contributed by atoms with Gasteiger partial charge in [-0.1, -0.05) is 23.9 Å². The van der Waals surface area contributed by atoms with Gasteiger partial charge in [0.15, 0.2) is 0 Å². The lowest BCUT2D eigenvalue weighted by Crippen LogP contribution is -2.13. The minimum absolute atomic E-state index is 0.123. The van der Waals surface area contributed by atoms with Gasteiger partial charge in [-0.05, 0) is 31.0 Å². The van der Waals surface area contributed by atoms with Gasteiger partial charge in [-0.2, -0.15) is 5.26 Å². The van der Waals surface area contributed by atoms with Crippen LogP contribution in [0.25, 0.3) is 10.9 Å². The number of rotatable bonds is 3. The molecule has 0 radical (unpaired) electrons. The van der Waals surface area contributed by atoms with Crippen molar-refractivity contribution in [2.45, 2.75) is 18.9 Å². The van der Waals surface area contributed by atoms with Gasteiger partial charge >= 0.3 is 0 Å². The summed E-state index contributed by atoms with van der Waals surface area (Å²) in [5.74, 6) is -0.297.